The molecule has 21 heavy (non-hydrogen) atoms. The minimum absolute atomic E-state index is 0.0976. The summed E-state index contributed by atoms with van der Waals surface area (Å²) in [6, 6.07) is 16.2. The highest BCUT2D eigenvalue weighted by Gasteiger charge is 2.25. The maximum Gasteiger partial charge on any atom is 0.258 e. The molecule has 2 nitrogen and oxygen atoms in total. The SMILES string of the molecule is CC(C)(C)c1ccc(C(=O)N2CCc3ccccc32)cc1. The number of carbonyl (C=O) groups excluding carboxylic acids is 1. The number of carbonyl (C=O) groups is 1. The first kappa shape index (κ1) is 13.9. The van der Waals surface area contributed by atoms with Crippen LogP contribution >= 0.6 is 0 Å². The number of rotatable bonds is 1. The number of benzene rings is 2. The number of hydrogen-bond acceptors (Lipinski definition) is 1. The molecule has 3 rings (SSSR count). The van der Waals surface area contributed by atoms with Crippen molar-refractivity contribution in [2.75, 3.05) is 11.4 Å². The molecular formula is C19H21NO. The van der Waals surface area contributed by atoms with Crippen LogP contribution in [0, 0.1) is 0 Å². The number of hydrogen-bond donors (Lipinski definition) is 0. The molecule has 0 aliphatic carbocycles. The Balaban J connectivity index is 1.87. The van der Waals surface area contributed by atoms with Crippen LogP contribution in [0.5, 0.6) is 0 Å². The van der Waals surface area contributed by atoms with Gasteiger partial charge < -0.3 is 4.90 Å². The normalized spacial score (nSPS) is 14.1. The first-order chi connectivity index (χ1) is 9.97. The summed E-state index contributed by atoms with van der Waals surface area (Å²) in [5.41, 5.74) is 4.45. The van der Waals surface area contributed by atoms with Crippen molar-refractivity contribution in [3.05, 3.63) is 65.2 Å². The van der Waals surface area contributed by atoms with Crippen LogP contribution in [0.3, 0.4) is 0 Å². The van der Waals surface area contributed by atoms with Crippen molar-refractivity contribution in [2.24, 2.45) is 0 Å². The topological polar surface area (TPSA) is 20.3 Å². The van der Waals surface area contributed by atoms with Gasteiger partial charge in [-0.15, -0.1) is 0 Å². The van der Waals surface area contributed by atoms with Crippen molar-refractivity contribution < 1.29 is 4.79 Å². The Morgan fingerprint density at radius 3 is 2.33 bits per heavy atom. The van der Waals surface area contributed by atoms with E-state index in [4.69, 9.17) is 0 Å². The van der Waals surface area contributed by atoms with Gasteiger partial charge in [-0.25, -0.2) is 0 Å². The van der Waals surface area contributed by atoms with Gasteiger partial charge in [0.15, 0.2) is 0 Å². The summed E-state index contributed by atoms with van der Waals surface area (Å²) in [7, 11) is 0. The Morgan fingerprint density at radius 2 is 1.67 bits per heavy atom. The number of para-hydroxylation sites is 1. The third kappa shape index (κ3) is 2.58. The molecule has 1 heterocycles. The van der Waals surface area contributed by atoms with Crippen LogP contribution in [0.15, 0.2) is 48.5 Å². The van der Waals surface area contributed by atoms with Crippen molar-refractivity contribution in [2.45, 2.75) is 32.6 Å². The van der Waals surface area contributed by atoms with Gasteiger partial charge in [0.05, 0.1) is 0 Å². The molecular weight excluding hydrogens is 258 g/mol. The van der Waals surface area contributed by atoms with Crippen molar-refractivity contribution in [3.63, 3.8) is 0 Å². The van der Waals surface area contributed by atoms with E-state index in [1.807, 2.05) is 35.2 Å². The van der Waals surface area contributed by atoms with Crippen molar-refractivity contribution in [1.82, 2.24) is 0 Å². The summed E-state index contributed by atoms with van der Waals surface area (Å²) in [5, 5.41) is 0. The van der Waals surface area contributed by atoms with Gasteiger partial charge in [0, 0.05) is 17.8 Å². The molecule has 0 saturated heterocycles. The average molecular weight is 279 g/mol. The second-order valence-corrected chi connectivity index (χ2v) is 6.66. The van der Waals surface area contributed by atoms with Crippen LogP contribution in [-0.2, 0) is 11.8 Å². The van der Waals surface area contributed by atoms with Crippen LogP contribution in [-0.4, -0.2) is 12.5 Å². The number of fused-ring (bicyclic) bond motifs is 1. The summed E-state index contributed by atoms with van der Waals surface area (Å²) in [4.78, 5) is 14.6. The molecule has 0 saturated carbocycles. The summed E-state index contributed by atoms with van der Waals surface area (Å²) in [5.74, 6) is 0.0976. The zero-order chi connectivity index (χ0) is 15.0. The van der Waals surface area contributed by atoms with Gasteiger partial charge in [0.2, 0.25) is 0 Å². The molecule has 1 amide bonds. The van der Waals surface area contributed by atoms with Crippen molar-refractivity contribution in [3.8, 4) is 0 Å². The van der Waals surface area contributed by atoms with Crippen molar-refractivity contribution >= 4 is 11.6 Å². The lowest BCUT2D eigenvalue weighted by atomic mass is 9.86. The van der Waals surface area contributed by atoms with Gasteiger partial charge in [-0.2, -0.15) is 0 Å². The predicted octanol–water partition coefficient (Wildman–Crippen LogP) is 4.19. The van der Waals surface area contributed by atoms with E-state index >= 15 is 0 Å². The van der Waals surface area contributed by atoms with Gasteiger partial charge in [0.1, 0.15) is 0 Å². The lowest BCUT2D eigenvalue weighted by molar-refractivity contribution is 0.0989. The summed E-state index contributed by atoms with van der Waals surface area (Å²) in [6.07, 6.45) is 0.946. The van der Waals surface area contributed by atoms with E-state index in [2.05, 4.69) is 39.0 Å². The predicted molar refractivity (Wildman–Crippen MR) is 87.0 cm³/mol. The van der Waals surface area contributed by atoms with Crippen LogP contribution < -0.4 is 4.90 Å². The van der Waals surface area contributed by atoms with Gasteiger partial charge in [-0.3, -0.25) is 4.79 Å². The molecule has 0 unspecified atom stereocenters. The molecule has 2 aromatic rings. The van der Waals surface area contributed by atoms with E-state index < -0.39 is 0 Å². The van der Waals surface area contributed by atoms with Gasteiger partial charge in [-0.05, 0) is 41.2 Å². The molecule has 0 aromatic heterocycles. The van der Waals surface area contributed by atoms with Crippen molar-refractivity contribution in [1.29, 1.82) is 0 Å². The van der Waals surface area contributed by atoms with Gasteiger partial charge in [0.25, 0.3) is 5.91 Å². The molecule has 0 bridgehead atoms. The third-order valence-corrected chi connectivity index (χ3v) is 4.13. The molecule has 0 radical (unpaired) electrons. The van der Waals surface area contributed by atoms with E-state index in [-0.39, 0.29) is 11.3 Å². The van der Waals surface area contributed by atoms with E-state index in [9.17, 15) is 4.79 Å². The number of nitrogens with zero attached hydrogens (tertiary/aromatic N) is 1. The summed E-state index contributed by atoms with van der Waals surface area (Å²) < 4.78 is 0. The maximum atomic E-state index is 12.7. The first-order valence-corrected chi connectivity index (χ1v) is 7.47. The molecule has 2 aromatic carbocycles. The Morgan fingerprint density at radius 1 is 1.00 bits per heavy atom. The molecule has 1 aliphatic rings. The zero-order valence-corrected chi connectivity index (χ0v) is 12.9. The fourth-order valence-electron chi connectivity index (χ4n) is 2.82. The van der Waals surface area contributed by atoms with Gasteiger partial charge >= 0.3 is 0 Å². The molecule has 0 atom stereocenters. The van der Waals surface area contributed by atoms with Crippen LogP contribution in [0.4, 0.5) is 5.69 Å². The van der Waals surface area contributed by atoms with Crippen LogP contribution in [0.25, 0.3) is 0 Å². The quantitative estimate of drug-likeness (QED) is 0.766. The summed E-state index contributed by atoms with van der Waals surface area (Å²) >= 11 is 0. The molecule has 0 N–H and O–H groups in total. The number of amides is 1. The Kier molecular flexibility index (Phi) is 3.32. The third-order valence-electron chi connectivity index (χ3n) is 4.13. The highest BCUT2D eigenvalue weighted by molar-refractivity contribution is 6.07. The minimum atomic E-state index is 0.0976. The second-order valence-electron chi connectivity index (χ2n) is 6.66. The molecule has 2 heteroatoms. The molecule has 0 fully saturated rings. The molecule has 0 spiro atoms. The standard InChI is InChI=1S/C19H21NO/c1-19(2,3)16-10-8-15(9-11-16)18(21)20-13-12-14-6-4-5-7-17(14)20/h4-11H,12-13H2,1-3H3. The minimum Gasteiger partial charge on any atom is -0.308 e. The van der Waals surface area contributed by atoms with Crippen LogP contribution in [0.1, 0.15) is 42.3 Å². The highest BCUT2D eigenvalue weighted by Crippen LogP contribution is 2.29. The van der Waals surface area contributed by atoms with E-state index in [1.165, 1.54) is 11.1 Å². The zero-order valence-electron chi connectivity index (χ0n) is 12.9. The lowest BCUT2D eigenvalue weighted by Crippen LogP contribution is -2.28. The average Bonchev–Trinajstić information content (AvgIpc) is 2.90. The monoisotopic (exact) mass is 279 g/mol. The molecule has 108 valence electrons. The Bertz CT molecular complexity index is 665. The van der Waals surface area contributed by atoms with E-state index in [0.717, 1.165) is 24.2 Å². The van der Waals surface area contributed by atoms with E-state index in [1.54, 1.807) is 0 Å². The lowest BCUT2D eigenvalue weighted by Gasteiger charge is -2.20. The largest absolute Gasteiger partial charge is 0.308 e. The first-order valence-electron chi connectivity index (χ1n) is 7.47. The highest BCUT2D eigenvalue weighted by atomic mass is 16.2. The number of anilines is 1. The second kappa shape index (κ2) is 5.03. The van der Waals surface area contributed by atoms with Gasteiger partial charge in [-0.1, -0.05) is 51.1 Å². The summed E-state index contributed by atoms with van der Waals surface area (Å²) in [6.45, 7) is 7.32. The van der Waals surface area contributed by atoms with Crippen LogP contribution in [0.2, 0.25) is 0 Å². The Labute approximate surface area is 126 Å². The fraction of sp³-hybridized carbons (Fsp3) is 0.316. The fourth-order valence-corrected chi connectivity index (χ4v) is 2.82. The maximum absolute atomic E-state index is 12.7. The Hall–Kier alpha value is -2.09. The smallest absolute Gasteiger partial charge is 0.258 e. The van der Waals surface area contributed by atoms with E-state index in [0.29, 0.717) is 0 Å². The molecule has 1 aliphatic heterocycles.